The van der Waals surface area contributed by atoms with Crippen LogP contribution in [0.25, 0.3) is 0 Å². The second kappa shape index (κ2) is 7.21. The molecular formula is C20H24N2O3S. The standard InChI is InChI=1S/C20H24N2O3S/c1-14-6-9-17(10-7-14)19-5-4-12-22(19)26(24,25)20-13-15(2)8-11-18(20)21-16(3)23/h6-11,13,19H,4-5,12H2,1-3H3,(H,21,23). The summed E-state index contributed by atoms with van der Waals surface area (Å²) in [6.45, 7) is 5.72. The third kappa shape index (κ3) is 3.66. The first-order valence-corrected chi connectivity index (χ1v) is 10.2. The van der Waals surface area contributed by atoms with E-state index in [2.05, 4.69) is 5.32 Å². The zero-order valence-electron chi connectivity index (χ0n) is 15.3. The van der Waals surface area contributed by atoms with Crippen molar-refractivity contribution in [1.82, 2.24) is 4.31 Å². The molecular weight excluding hydrogens is 348 g/mol. The van der Waals surface area contributed by atoms with E-state index in [-0.39, 0.29) is 16.8 Å². The van der Waals surface area contributed by atoms with Gasteiger partial charge in [0.2, 0.25) is 15.9 Å². The molecule has 1 atom stereocenters. The normalized spacial score (nSPS) is 18.0. The number of sulfonamides is 1. The molecule has 0 aliphatic carbocycles. The van der Waals surface area contributed by atoms with Gasteiger partial charge >= 0.3 is 0 Å². The summed E-state index contributed by atoms with van der Waals surface area (Å²) in [5.74, 6) is -0.290. The summed E-state index contributed by atoms with van der Waals surface area (Å²) in [7, 11) is -3.73. The average molecular weight is 372 g/mol. The summed E-state index contributed by atoms with van der Waals surface area (Å²) >= 11 is 0. The van der Waals surface area contributed by atoms with Gasteiger partial charge in [0.05, 0.1) is 11.7 Å². The molecule has 1 heterocycles. The molecule has 1 aliphatic rings. The smallest absolute Gasteiger partial charge is 0.245 e. The van der Waals surface area contributed by atoms with Crippen molar-refractivity contribution in [2.75, 3.05) is 11.9 Å². The Morgan fingerprint density at radius 1 is 1.08 bits per heavy atom. The molecule has 2 aromatic carbocycles. The third-order valence-electron chi connectivity index (χ3n) is 4.70. The van der Waals surface area contributed by atoms with E-state index in [1.165, 1.54) is 6.92 Å². The van der Waals surface area contributed by atoms with Crippen LogP contribution in [0.15, 0.2) is 47.4 Å². The first-order valence-electron chi connectivity index (χ1n) is 8.75. The van der Waals surface area contributed by atoms with Crippen molar-refractivity contribution in [3.8, 4) is 0 Å². The summed E-state index contributed by atoms with van der Waals surface area (Å²) in [4.78, 5) is 11.7. The second-order valence-electron chi connectivity index (χ2n) is 6.87. The lowest BCUT2D eigenvalue weighted by Crippen LogP contribution is -2.31. The van der Waals surface area contributed by atoms with Gasteiger partial charge in [-0.1, -0.05) is 35.9 Å². The molecule has 6 heteroatoms. The van der Waals surface area contributed by atoms with Crippen molar-refractivity contribution < 1.29 is 13.2 Å². The topological polar surface area (TPSA) is 66.5 Å². The molecule has 0 saturated carbocycles. The Morgan fingerprint density at radius 3 is 2.38 bits per heavy atom. The number of hydrogen-bond donors (Lipinski definition) is 1. The summed E-state index contributed by atoms with van der Waals surface area (Å²) < 4.78 is 28.4. The van der Waals surface area contributed by atoms with Gasteiger partial charge in [0.25, 0.3) is 0 Å². The number of anilines is 1. The first-order chi connectivity index (χ1) is 12.3. The summed E-state index contributed by atoms with van der Waals surface area (Å²) in [5.41, 5.74) is 3.32. The van der Waals surface area contributed by atoms with Gasteiger partial charge in [-0.2, -0.15) is 4.31 Å². The highest BCUT2D eigenvalue weighted by molar-refractivity contribution is 7.89. The molecule has 0 aromatic heterocycles. The quantitative estimate of drug-likeness (QED) is 0.888. The van der Waals surface area contributed by atoms with Gasteiger partial charge in [-0.3, -0.25) is 4.79 Å². The van der Waals surface area contributed by atoms with Crippen LogP contribution in [0.2, 0.25) is 0 Å². The lowest BCUT2D eigenvalue weighted by Gasteiger charge is -2.26. The van der Waals surface area contributed by atoms with E-state index in [1.54, 1.807) is 22.5 Å². The van der Waals surface area contributed by atoms with Crippen LogP contribution >= 0.6 is 0 Å². The predicted octanol–water partition coefficient (Wildman–Crippen LogP) is 3.79. The van der Waals surface area contributed by atoms with E-state index < -0.39 is 10.0 Å². The van der Waals surface area contributed by atoms with Crippen molar-refractivity contribution >= 4 is 21.6 Å². The number of hydrogen-bond acceptors (Lipinski definition) is 3. The van der Waals surface area contributed by atoms with E-state index in [9.17, 15) is 13.2 Å². The number of nitrogens with one attached hydrogen (secondary N) is 1. The van der Waals surface area contributed by atoms with E-state index in [0.717, 1.165) is 29.5 Å². The Labute approximate surface area is 155 Å². The van der Waals surface area contributed by atoms with Crippen molar-refractivity contribution in [3.63, 3.8) is 0 Å². The van der Waals surface area contributed by atoms with Gasteiger partial charge in [0, 0.05) is 13.5 Å². The van der Waals surface area contributed by atoms with E-state index in [4.69, 9.17) is 0 Å². The van der Waals surface area contributed by atoms with Crippen LogP contribution < -0.4 is 5.32 Å². The van der Waals surface area contributed by atoms with Crippen LogP contribution in [0, 0.1) is 13.8 Å². The molecule has 3 rings (SSSR count). The lowest BCUT2D eigenvalue weighted by atomic mass is 10.0. The molecule has 1 saturated heterocycles. The molecule has 26 heavy (non-hydrogen) atoms. The Kier molecular flexibility index (Phi) is 5.16. The fraction of sp³-hybridized carbons (Fsp3) is 0.350. The maximum Gasteiger partial charge on any atom is 0.245 e. The second-order valence-corrected chi connectivity index (χ2v) is 8.72. The van der Waals surface area contributed by atoms with Crippen LogP contribution in [0.4, 0.5) is 5.69 Å². The number of aryl methyl sites for hydroxylation is 2. The van der Waals surface area contributed by atoms with Crippen molar-refractivity contribution in [3.05, 3.63) is 59.2 Å². The molecule has 0 spiro atoms. The van der Waals surface area contributed by atoms with Gasteiger partial charge in [0.15, 0.2) is 0 Å². The number of amides is 1. The van der Waals surface area contributed by atoms with Crippen LogP contribution in [0.3, 0.4) is 0 Å². The highest BCUT2D eigenvalue weighted by Gasteiger charge is 2.37. The predicted molar refractivity (Wildman–Crippen MR) is 103 cm³/mol. The van der Waals surface area contributed by atoms with Crippen LogP contribution in [-0.2, 0) is 14.8 Å². The molecule has 1 amide bonds. The molecule has 2 aromatic rings. The fourth-order valence-electron chi connectivity index (χ4n) is 3.41. The average Bonchev–Trinajstić information content (AvgIpc) is 3.07. The first kappa shape index (κ1) is 18.6. The maximum absolute atomic E-state index is 13.4. The van der Waals surface area contributed by atoms with E-state index in [1.807, 2.05) is 38.1 Å². The minimum Gasteiger partial charge on any atom is -0.325 e. The minimum absolute atomic E-state index is 0.159. The number of carbonyl (C=O) groups excluding carboxylic acids is 1. The number of benzene rings is 2. The zero-order valence-corrected chi connectivity index (χ0v) is 16.1. The molecule has 1 unspecified atom stereocenters. The molecule has 0 bridgehead atoms. The molecule has 5 nitrogen and oxygen atoms in total. The van der Waals surface area contributed by atoms with Gasteiger partial charge < -0.3 is 5.32 Å². The third-order valence-corrected chi connectivity index (χ3v) is 6.65. The summed E-state index contributed by atoms with van der Waals surface area (Å²) in [6.07, 6.45) is 1.61. The summed E-state index contributed by atoms with van der Waals surface area (Å²) in [5, 5.41) is 2.65. The molecule has 1 fully saturated rings. The molecule has 0 radical (unpaired) electrons. The Balaban J connectivity index is 2.03. The van der Waals surface area contributed by atoms with Gasteiger partial charge in [-0.25, -0.2) is 8.42 Å². The summed E-state index contributed by atoms with van der Waals surface area (Å²) in [6, 6.07) is 12.9. The van der Waals surface area contributed by atoms with Crippen LogP contribution in [0.1, 0.15) is 42.5 Å². The highest BCUT2D eigenvalue weighted by atomic mass is 32.2. The van der Waals surface area contributed by atoms with Gasteiger partial charge in [-0.05, 0) is 49.9 Å². The van der Waals surface area contributed by atoms with E-state index in [0.29, 0.717) is 12.2 Å². The molecule has 1 N–H and O–H groups in total. The highest BCUT2D eigenvalue weighted by Crippen LogP contribution is 2.38. The van der Waals surface area contributed by atoms with Crippen molar-refractivity contribution in [1.29, 1.82) is 0 Å². The fourth-order valence-corrected chi connectivity index (χ4v) is 5.33. The molecule has 138 valence electrons. The Bertz CT molecular complexity index is 921. The number of rotatable bonds is 4. The van der Waals surface area contributed by atoms with Crippen LogP contribution in [0.5, 0.6) is 0 Å². The van der Waals surface area contributed by atoms with Gasteiger partial charge in [-0.15, -0.1) is 0 Å². The molecule has 1 aliphatic heterocycles. The Morgan fingerprint density at radius 2 is 1.73 bits per heavy atom. The minimum atomic E-state index is -3.73. The SMILES string of the molecule is CC(=O)Nc1ccc(C)cc1S(=O)(=O)N1CCCC1c1ccc(C)cc1. The monoisotopic (exact) mass is 372 g/mol. The van der Waals surface area contributed by atoms with Crippen LogP contribution in [-0.4, -0.2) is 25.2 Å². The Hall–Kier alpha value is -2.18. The van der Waals surface area contributed by atoms with Gasteiger partial charge in [0.1, 0.15) is 4.90 Å². The lowest BCUT2D eigenvalue weighted by molar-refractivity contribution is -0.114. The van der Waals surface area contributed by atoms with Crippen molar-refractivity contribution in [2.24, 2.45) is 0 Å². The number of nitrogens with zero attached hydrogens (tertiary/aromatic N) is 1. The number of carbonyl (C=O) groups is 1. The zero-order chi connectivity index (χ0) is 18.9. The largest absolute Gasteiger partial charge is 0.325 e. The maximum atomic E-state index is 13.4. The van der Waals surface area contributed by atoms with Crippen molar-refractivity contribution in [2.45, 2.75) is 44.6 Å². The van der Waals surface area contributed by atoms with E-state index >= 15 is 0 Å².